The van der Waals surface area contributed by atoms with E-state index in [4.69, 9.17) is 10.1 Å². The van der Waals surface area contributed by atoms with Gasteiger partial charge in [-0.25, -0.2) is 9.67 Å². The van der Waals surface area contributed by atoms with E-state index in [-0.39, 0.29) is 11.4 Å². The van der Waals surface area contributed by atoms with Crippen LogP contribution in [0.1, 0.15) is 16.1 Å². The third-order valence-electron chi connectivity index (χ3n) is 7.09. The summed E-state index contributed by atoms with van der Waals surface area (Å²) in [6.07, 6.45) is 0. The molecule has 0 saturated carbocycles. The molecule has 5 aromatic carbocycles. The van der Waals surface area contributed by atoms with Crippen LogP contribution in [0.3, 0.4) is 0 Å². The van der Waals surface area contributed by atoms with Crippen molar-refractivity contribution in [3.05, 3.63) is 143 Å². The van der Waals surface area contributed by atoms with E-state index in [1.54, 1.807) is 28.9 Å². The average Bonchev–Trinajstić information content (AvgIpc) is 3.43. The van der Waals surface area contributed by atoms with Gasteiger partial charge in [0.25, 0.3) is 11.6 Å². The Labute approximate surface area is 239 Å². The number of para-hydroxylation sites is 1. The molecule has 0 bridgehead atoms. The highest BCUT2D eigenvalue weighted by atomic mass is 16.6. The lowest BCUT2D eigenvalue weighted by molar-refractivity contribution is -0.384. The summed E-state index contributed by atoms with van der Waals surface area (Å²) in [7, 11) is 0. The van der Waals surface area contributed by atoms with E-state index < -0.39 is 10.8 Å². The summed E-state index contributed by atoms with van der Waals surface area (Å²) in [5.74, 6) is 0.0436. The number of non-ortho nitro benzene ring substituents is 1. The van der Waals surface area contributed by atoms with Crippen LogP contribution in [0, 0.1) is 10.1 Å². The number of anilines is 2. The molecule has 7 rings (SSSR count). The first-order valence-electron chi connectivity index (χ1n) is 13.2. The molecule has 0 fully saturated rings. The molecule has 1 aromatic heterocycles. The van der Waals surface area contributed by atoms with Gasteiger partial charge in [-0.05, 0) is 41.8 Å². The van der Waals surface area contributed by atoms with Crippen molar-refractivity contribution in [1.82, 2.24) is 9.78 Å². The molecule has 1 amide bonds. The molecule has 42 heavy (non-hydrogen) atoms. The molecule has 0 spiro atoms. The highest BCUT2D eigenvalue weighted by Crippen LogP contribution is 2.39. The summed E-state index contributed by atoms with van der Waals surface area (Å²) in [4.78, 5) is 29.8. The summed E-state index contributed by atoms with van der Waals surface area (Å²) < 4.78 is 1.64. The lowest BCUT2D eigenvalue weighted by Crippen LogP contribution is -2.22. The minimum atomic E-state index is -0.451. The SMILES string of the molecule is O=C(Nc1ccccc1)c1nn(-c2ccc([N+](=O)[O-])cc2)c(-c2ccccc2)c1C1=Nc2cccc3cccc(c23)N1. The third kappa shape index (κ3) is 4.35. The summed E-state index contributed by atoms with van der Waals surface area (Å²) >= 11 is 0. The molecule has 6 aromatic rings. The molecular weight excluding hydrogens is 528 g/mol. The van der Waals surface area contributed by atoms with Crippen molar-refractivity contribution in [3.8, 4) is 16.9 Å². The van der Waals surface area contributed by atoms with Crippen molar-refractivity contribution in [1.29, 1.82) is 0 Å². The zero-order valence-electron chi connectivity index (χ0n) is 22.1. The van der Waals surface area contributed by atoms with Gasteiger partial charge in [-0.3, -0.25) is 14.9 Å². The number of amidine groups is 1. The van der Waals surface area contributed by atoms with Crippen molar-refractivity contribution < 1.29 is 9.72 Å². The Bertz CT molecular complexity index is 2010. The van der Waals surface area contributed by atoms with Crippen LogP contribution in [-0.4, -0.2) is 26.4 Å². The van der Waals surface area contributed by atoms with Crippen LogP contribution in [0.4, 0.5) is 22.7 Å². The average molecular weight is 551 g/mol. The molecule has 202 valence electrons. The Morgan fingerprint density at radius 3 is 2.21 bits per heavy atom. The summed E-state index contributed by atoms with van der Waals surface area (Å²) in [5, 5.41) is 24.6. The van der Waals surface area contributed by atoms with Crippen molar-refractivity contribution in [3.63, 3.8) is 0 Å². The fraction of sp³-hybridized carbons (Fsp3) is 0. The van der Waals surface area contributed by atoms with Crippen LogP contribution < -0.4 is 10.6 Å². The Hall–Kier alpha value is -6.09. The molecule has 2 N–H and O–H groups in total. The van der Waals surface area contributed by atoms with Crippen molar-refractivity contribution >= 4 is 45.3 Å². The fourth-order valence-corrected chi connectivity index (χ4v) is 5.19. The van der Waals surface area contributed by atoms with Gasteiger partial charge in [-0.2, -0.15) is 5.10 Å². The predicted octanol–water partition coefficient (Wildman–Crippen LogP) is 7.36. The van der Waals surface area contributed by atoms with Gasteiger partial charge in [0.2, 0.25) is 0 Å². The van der Waals surface area contributed by atoms with E-state index >= 15 is 0 Å². The van der Waals surface area contributed by atoms with E-state index in [1.165, 1.54) is 12.1 Å². The first kappa shape index (κ1) is 24.9. The Morgan fingerprint density at radius 1 is 0.810 bits per heavy atom. The predicted molar refractivity (Wildman–Crippen MR) is 164 cm³/mol. The number of carbonyl (C=O) groups excluding carboxylic acids is 1. The number of rotatable bonds is 6. The second kappa shape index (κ2) is 10.1. The number of aromatic nitrogens is 2. The Kier molecular flexibility index (Phi) is 6.02. The van der Waals surface area contributed by atoms with Gasteiger partial charge in [0.05, 0.1) is 27.6 Å². The molecule has 0 unspecified atom stereocenters. The first-order valence-corrected chi connectivity index (χ1v) is 13.2. The zero-order chi connectivity index (χ0) is 28.6. The molecule has 9 nitrogen and oxygen atoms in total. The van der Waals surface area contributed by atoms with Crippen molar-refractivity contribution in [2.75, 3.05) is 10.6 Å². The number of aliphatic imine (C=N–C) groups is 1. The molecule has 9 heteroatoms. The Morgan fingerprint density at radius 2 is 1.50 bits per heavy atom. The molecule has 0 saturated heterocycles. The summed E-state index contributed by atoms with van der Waals surface area (Å²) in [6.45, 7) is 0. The number of nitrogens with zero attached hydrogens (tertiary/aromatic N) is 4. The molecular formula is C33H22N6O3. The lowest BCUT2D eigenvalue weighted by atomic mass is 10.0. The van der Waals surface area contributed by atoms with E-state index in [2.05, 4.69) is 10.6 Å². The third-order valence-corrected chi connectivity index (χ3v) is 7.09. The Balaban J connectivity index is 1.49. The van der Waals surface area contributed by atoms with Gasteiger partial charge in [0.1, 0.15) is 5.84 Å². The monoisotopic (exact) mass is 550 g/mol. The zero-order valence-corrected chi connectivity index (χ0v) is 22.1. The van der Waals surface area contributed by atoms with E-state index in [1.807, 2.05) is 84.9 Å². The van der Waals surface area contributed by atoms with Crippen LogP contribution in [0.15, 0.2) is 126 Å². The van der Waals surface area contributed by atoms with Crippen LogP contribution in [0.25, 0.3) is 27.7 Å². The van der Waals surface area contributed by atoms with E-state index in [9.17, 15) is 14.9 Å². The van der Waals surface area contributed by atoms with Gasteiger partial charge in [0, 0.05) is 34.5 Å². The largest absolute Gasteiger partial charge is 0.339 e. The standard InChI is InChI=1S/C33H22N6O3/c40-33(34-23-13-5-2-6-14-23)30-29(32-35-26-15-7-11-21-12-8-16-27(36-32)28(21)26)31(22-9-3-1-4-10-22)38(37-30)24-17-19-25(20-18-24)39(41)42/h1-20H,(H,34,40)(H,35,36). The van der Waals surface area contributed by atoms with Gasteiger partial charge >= 0.3 is 0 Å². The van der Waals surface area contributed by atoms with Gasteiger partial charge in [-0.15, -0.1) is 0 Å². The minimum absolute atomic E-state index is 0.0440. The molecule has 0 aliphatic carbocycles. The number of hydrogen-bond donors (Lipinski definition) is 2. The number of carbonyl (C=O) groups is 1. The number of nitro groups is 1. The summed E-state index contributed by atoms with van der Waals surface area (Å²) in [6, 6.07) is 36.7. The quantitative estimate of drug-likeness (QED) is 0.166. The lowest BCUT2D eigenvalue weighted by Gasteiger charge is -2.20. The molecule has 0 radical (unpaired) electrons. The normalized spacial score (nSPS) is 12.0. The highest BCUT2D eigenvalue weighted by molar-refractivity contribution is 6.24. The topological polar surface area (TPSA) is 114 Å². The van der Waals surface area contributed by atoms with Crippen LogP contribution >= 0.6 is 0 Å². The summed E-state index contributed by atoms with van der Waals surface area (Å²) in [5.41, 5.74) is 4.81. The second-order valence-electron chi connectivity index (χ2n) is 9.71. The maximum absolute atomic E-state index is 13.9. The first-order chi connectivity index (χ1) is 20.6. The van der Waals surface area contributed by atoms with E-state index in [0.29, 0.717) is 28.5 Å². The maximum atomic E-state index is 13.9. The van der Waals surface area contributed by atoms with Crippen molar-refractivity contribution in [2.45, 2.75) is 0 Å². The number of hydrogen-bond acceptors (Lipinski definition) is 6. The number of nitro benzene ring substituents is 1. The van der Waals surface area contributed by atoms with Gasteiger partial charge in [0.15, 0.2) is 5.69 Å². The van der Waals surface area contributed by atoms with E-state index in [0.717, 1.165) is 27.7 Å². The maximum Gasteiger partial charge on any atom is 0.276 e. The van der Waals surface area contributed by atoms with Crippen LogP contribution in [-0.2, 0) is 0 Å². The molecule has 1 aliphatic rings. The number of nitrogens with one attached hydrogen (secondary N) is 2. The van der Waals surface area contributed by atoms with Gasteiger partial charge < -0.3 is 10.6 Å². The molecule has 1 aliphatic heterocycles. The minimum Gasteiger partial charge on any atom is -0.339 e. The second-order valence-corrected chi connectivity index (χ2v) is 9.71. The smallest absolute Gasteiger partial charge is 0.276 e. The highest BCUT2D eigenvalue weighted by Gasteiger charge is 2.30. The van der Waals surface area contributed by atoms with Crippen molar-refractivity contribution in [2.24, 2.45) is 4.99 Å². The number of amides is 1. The molecule has 2 heterocycles. The van der Waals surface area contributed by atoms with Crippen LogP contribution in [0.2, 0.25) is 0 Å². The number of benzene rings is 5. The molecule has 0 atom stereocenters. The van der Waals surface area contributed by atoms with Gasteiger partial charge in [-0.1, -0.05) is 72.8 Å². The van der Waals surface area contributed by atoms with Crippen LogP contribution in [0.5, 0.6) is 0 Å². The fourth-order valence-electron chi connectivity index (χ4n) is 5.19.